The number of phenols is 1. The Balaban J connectivity index is 1.62. The van der Waals surface area contributed by atoms with Crippen LogP contribution in [0.2, 0.25) is 25.7 Å². The van der Waals surface area contributed by atoms with Crippen molar-refractivity contribution in [3.63, 3.8) is 0 Å². The number of nitrogens with zero attached hydrogens (tertiary/aromatic N) is 4. The van der Waals surface area contributed by atoms with Crippen LogP contribution in [-0.4, -0.2) is 68.8 Å². The number of aliphatic hydroxyl groups excluding tert-OH is 1. The normalized spacial score (nSPS) is 15.2. The Labute approximate surface area is 252 Å². The lowest BCUT2D eigenvalue weighted by Crippen LogP contribution is -2.27. The molecule has 0 bridgehead atoms. The summed E-state index contributed by atoms with van der Waals surface area (Å²) in [5.74, 6) is 0.0669. The number of H-pyrrole nitrogens is 1. The zero-order valence-electron chi connectivity index (χ0n) is 25.9. The molecule has 0 radical (unpaired) electrons. The quantitative estimate of drug-likeness (QED) is 0.144. The van der Waals surface area contributed by atoms with Crippen LogP contribution in [0.5, 0.6) is 5.75 Å². The number of phenolic OH excluding ortho intramolecular Hbond substituents is 1. The van der Waals surface area contributed by atoms with E-state index in [1.807, 2.05) is 19.1 Å². The zero-order valence-corrected chi connectivity index (χ0v) is 26.9. The van der Waals surface area contributed by atoms with E-state index in [9.17, 15) is 19.8 Å². The van der Waals surface area contributed by atoms with Crippen LogP contribution in [0, 0.1) is 0 Å². The highest BCUT2D eigenvalue weighted by Gasteiger charge is 2.23. The minimum absolute atomic E-state index is 0.0373. The van der Waals surface area contributed by atoms with Crippen LogP contribution in [0.15, 0.2) is 39.9 Å². The number of nitrogens with one attached hydrogen (secondary N) is 1. The zero-order chi connectivity index (χ0) is 30.7. The molecule has 0 spiro atoms. The molecule has 1 aliphatic heterocycles. The minimum Gasteiger partial charge on any atom is -0.505 e. The van der Waals surface area contributed by atoms with E-state index in [0.29, 0.717) is 47.1 Å². The molecule has 2 aromatic carbocycles. The molecule has 1 aliphatic rings. The Kier molecular flexibility index (Phi) is 9.55. The fourth-order valence-electron chi connectivity index (χ4n) is 5.82. The smallest absolute Gasteiger partial charge is 0.279 e. The molecule has 4 aromatic rings. The standard InChI is InChI=1S/C32H45N5O5Si/c1-22(10-5-8-17-38)37-31(40)25-12-9-11-24(27(25)34-37)28-32(41)36(21-42-18-19-43(2,3)4)26-14-13-23(30(39)29(26)33-28)20-35-15-6-7-16-35/h9,11-14,22,34,38-39H,5-8,10,15-21H2,1-4H3. The molecule has 3 heterocycles. The summed E-state index contributed by atoms with van der Waals surface area (Å²) >= 11 is 0. The van der Waals surface area contributed by atoms with E-state index < -0.39 is 8.07 Å². The Morgan fingerprint density at radius 2 is 1.84 bits per heavy atom. The number of unbranched alkanes of at least 4 members (excludes halogenated alkanes) is 1. The monoisotopic (exact) mass is 607 g/mol. The molecule has 10 nitrogen and oxygen atoms in total. The topological polar surface area (TPSA) is 126 Å². The molecule has 1 unspecified atom stereocenters. The lowest BCUT2D eigenvalue weighted by Gasteiger charge is -2.19. The van der Waals surface area contributed by atoms with Crippen molar-refractivity contribution >= 4 is 30.0 Å². The highest BCUT2D eigenvalue weighted by molar-refractivity contribution is 6.76. The predicted octanol–water partition coefficient (Wildman–Crippen LogP) is 5.04. The number of hydrogen-bond donors (Lipinski definition) is 3. The van der Waals surface area contributed by atoms with Crippen molar-refractivity contribution in [3.8, 4) is 17.0 Å². The van der Waals surface area contributed by atoms with Gasteiger partial charge >= 0.3 is 0 Å². The van der Waals surface area contributed by atoms with E-state index in [2.05, 4.69) is 29.6 Å². The molecule has 3 N–H and O–H groups in total. The molecule has 0 amide bonds. The summed E-state index contributed by atoms with van der Waals surface area (Å²) in [5, 5.41) is 24.4. The summed E-state index contributed by atoms with van der Waals surface area (Å²) in [5.41, 5.74) is 2.31. The molecule has 1 fully saturated rings. The van der Waals surface area contributed by atoms with E-state index in [1.54, 1.807) is 27.4 Å². The summed E-state index contributed by atoms with van der Waals surface area (Å²) < 4.78 is 9.18. The number of aliphatic hydroxyl groups is 1. The second-order valence-corrected chi connectivity index (χ2v) is 18.7. The molecule has 11 heteroatoms. The van der Waals surface area contributed by atoms with Crippen molar-refractivity contribution in [1.82, 2.24) is 24.2 Å². The molecule has 0 saturated carbocycles. The van der Waals surface area contributed by atoms with Crippen LogP contribution in [0.3, 0.4) is 0 Å². The third-order valence-electron chi connectivity index (χ3n) is 8.46. The number of aromatic nitrogens is 4. The average Bonchev–Trinajstić information content (AvgIpc) is 3.61. The summed E-state index contributed by atoms with van der Waals surface area (Å²) in [7, 11) is -1.33. The third kappa shape index (κ3) is 6.80. The molecule has 232 valence electrons. The molecular weight excluding hydrogens is 562 g/mol. The highest BCUT2D eigenvalue weighted by Crippen LogP contribution is 2.32. The first-order valence-corrected chi connectivity index (χ1v) is 19.2. The van der Waals surface area contributed by atoms with Crippen LogP contribution >= 0.6 is 0 Å². The van der Waals surface area contributed by atoms with Crippen molar-refractivity contribution in [2.75, 3.05) is 26.3 Å². The van der Waals surface area contributed by atoms with Gasteiger partial charge in [0.15, 0.2) is 0 Å². The first-order chi connectivity index (χ1) is 20.6. The van der Waals surface area contributed by atoms with E-state index in [4.69, 9.17) is 9.72 Å². The minimum atomic E-state index is -1.33. The highest BCUT2D eigenvalue weighted by atomic mass is 28.3. The Bertz CT molecular complexity index is 1700. The van der Waals surface area contributed by atoms with Crippen LogP contribution in [0.25, 0.3) is 33.2 Å². The number of para-hydroxylation sites is 1. The van der Waals surface area contributed by atoms with Crippen LogP contribution < -0.4 is 11.1 Å². The van der Waals surface area contributed by atoms with Crippen molar-refractivity contribution < 1.29 is 14.9 Å². The fraction of sp³-hybridized carbons (Fsp3) is 0.531. The number of hydrogen-bond acceptors (Lipinski definition) is 7. The van der Waals surface area contributed by atoms with Crippen molar-refractivity contribution in [2.24, 2.45) is 0 Å². The Morgan fingerprint density at radius 3 is 2.56 bits per heavy atom. The number of fused-ring (bicyclic) bond motifs is 2. The SMILES string of the molecule is CC(CCCCO)n1[nH]c2c(-c3nc4c(O)c(CN5CCCC5)ccc4n(COCC[Si](C)(C)C)c3=O)cccc2c1=O. The van der Waals surface area contributed by atoms with Crippen molar-refractivity contribution in [1.29, 1.82) is 0 Å². The van der Waals surface area contributed by atoms with Crippen molar-refractivity contribution in [3.05, 3.63) is 56.6 Å². The van der Waals surface area contributed by atoms with Crippen LogP contribution in [0.1, 0.15) is 50.6 Å². The van der Waals surface area contributed by atoms with Gasteiger partial charge in [-0.1, -0.05) is 37.8 Å². The van der Waals surface area contributed by atoms with Gasteiger partial charge in [-0.05, 0) is 70.3 Å². The van der Waals surface area contributed by atoms with Gasteiger partial charge in [0.2, 0.25) is 0 Å². The lowest BCUT2D eigenvalue weighted by molar-refractivity contribution is 0.0878. The van der Waals surface area contributed by atoms with E-state index in [0.717, 1.165) is 50.4 Å². The van der Waals surface area contributed by atoms with E-state index >= 15 is 0 Å². The fourth-order valence-corrected chi connectivity index (χ4v) is 6.58. The lowest BCUT2D eigenvalue weighted by atomic mass is 10.1. The second-order valence-electron chi connectivity index (χ2n) is 13.0. The van der Waals surface area contributed by atoms with Crippen LogP contribution in [0.4, 0.5) is 0 Å². The largest absolute Gasteiger partial charge is 0.505 e. The van der Waals surface area contributed by atoms with E-state index in [1.165, 1.54) is 0 Å². The summed E-state index contributed by atoms with van der Waals surface area (Å²) in [6.07, 6.45) is 4.49. The molecule has 2 aromatic heterocycles. The third-order valence-corrected chi connectivity index (χ3v) is 10.2. The summed E-state index contributed by atoms with van der Waals surface area (Å²) in [4.78, 5) is 34.6. The molecule has 43 heavy (non-hydrogen) atoms. The second kappa shape index (κ2) is 13.2. The number of likely N-dealkylation sites (tertiary alicyclic amines) is 1. The average molecular weight is 608 g/mol. The van der Waals surface area contributed by atoms with Gasteiger partial charge in [0.1, 0.15) is 23.7 Å². The first kappa shape index (κ1) is 31.2. The molecule has 0 aliphatic carbocycles. The number of aromatic amines is 1. The maximum absolute atomic E-state index is 14.1. The maximum Gasteiger partial charge on any atom is 0.279 e. The maximum atomic E-state index is 14.1. The first-order valence-electron chi connectivity index (χ1n) is 15.5. The van der Waals surface area contributed by atoms with Crippen LogP contribution in [-0.2, 0) is 18.0 Å². The van der Waals surface area contributed by atoms with Gasteiger partial charge < -0.3 is 14.9 Å². The summed E-state index contributed by atoms with van der Waals surface area (Å²) in [6, 6.07) is 9.89. The van der Waals surface area contributed by atoms with Gasteiger partial charge in [-0.15, -0.1) is 0 Å². The number of benzene rings is 2. The van der Waals surface area contributed by atoms with Gasteiger partial charge in [-0.2, -0.15) is 0 Å². The molecule has 1 atom stereocenters. The van der Waals surface area contributed by atoms with Gasteiger partial charge in [-0.25, -0.2) is 9.67 Å². The number of aromatic hydroxyl groups is 1. The molecular formula is C32H45N5O5Si. The Hall–Kier alpha value is -3.25. The van der Waals surface area contributed by atoms with Gasteiger partial charge in [-0.3, -0.25) is 24.2 Å². The predicted molar refractivity (Wildman–Crippen MR) is 173 cm³/mol. The Morgan fingerprint density at radius 1 is 1.07 bits per heavy atom. The van der Waals surface area contributed by atoms with Gasteiger partial charge in [0.05, 0.1) is 22.5 Å². The summed E-state index contributed by atoms with van der Waals surface area (Å²) in [6.45, 7) is 12.1. The van der Waals surface area contributed by atoms with Gasteiger partial charge in [0.25, 0.3) is 11.1 Å². The molecule has 1 saturated heterocycles. The number of ether oxygens (including phenoxy) is 1. The van der Waals surface area contributed by atoms with E-state index in [-0.39, 0.29) is 41.9 Å². The molecule has 5 rings (SSSR count). The number of rotatable bonds is 13. The van der Waals surface area contributed by atoms with Crippen molar-refractivity contribution in [2.45, 2.75) is 84.0 Å². The van der Waals surface area contributed by atoms with Gasteiger partial charge in [0, 0.05) is 39.0 Å².